The minimum absolute atomic E-state index is 0.0229. The van der Waals surface area contributed by atoms with Crippen molar-refractivity contribution in [1.82, 2.24) is 20.0 Å². The van der Waals surface area contributed by atoms with E-state index in [1.807, 2.05) is 17.0 Å². The summed E-state index contributed by atoms with van der Waals surface area (Å²) in [6.07, 6.45) is 3.06. The van der Waals surface area contributed by atoms with E-state index in [0.29, 0.717) is 19.0 Å². The quantitative estimate of drug-likeness (QED) is 0.894. The fourth-order valence-corrected chi connectivity index (χ4v) is 4.12. The normalized spacial score (nSPS) is 23.4. The Balaban J connectivity index is 1.54. The Labute approximate surface area is 156 Å². The van der Waals surface area contributed by atoms with Gasteiger partial charge in [-0.1, -0.05) is 12.1 Å². The summed E-state index contributed by atoms with van der Waals surface area (Å²) in [5.41, 5.74) is 1.15. The number of carbonyl (C=O) groups is 1. The third kappa shape index (κ3) is 4.18. The zero-order chi connectivity index (χ0) is 18.7. The molecule has 0 aromatic heterocycles. The Hall–Kier alpha value is -1.66. The Morgan fingerprint density at radius 2 is 1.88 bits per heavy atom. The van der Waals surface area contributed by atoms with E-state index in [1.54, 1.807) is 0 Å². The lowest BCUT2D eigenvalue weighted by atomic mass is 9.86. The molecule has 0 radical (unpaired) electrons. The Kier molecular flexibility index (Phi) is 5.82. The number of halogens is 1. The van der Waals surface area contributed by atoms with Crippen LogP contribution in [0, 0.1) is 5.82 Å². The second-order valence-electron chi connectivity index (χ2n) is 8.06. The first kappa shape index (κ1) is 19.1. The fraction of sp³-hybridized carbons (Fsp3) is 0.650. The molecular weight excluding hydrogens is 331 g/mol. The number of hydrogen-bond donors (Lipinski definition) is 1. The Morgan fingerprint density at radius 3 is 2.50 bits per heavy atom. The maximum absolute atomic E-state index is 13.1. The lowest BCUT2D eigenvalue weighted by Crippen LogP contribution is -2.58. The van der Waals surface area contributed by atoms with Crippen LogP contribution in [0.3, 0.4) is 0 Å². The van der Waals surface area contributed by atoms with E-state index in [-0.39, 0.29) is 17.4 Å². The summed E-state index contributed by atoms with van der Waals surface area (Å²) in [5, 5.41) is 3.18. The van der Waals surface area contributed by atoms with E-state index in [4.69, 9.17) is 0 Å². The third-order valence-corrected chi connectivity index (χ3v) is 6.25. The zero-order valence-corrected chi connectivity index (χ0v) is 16.2. The van der Waals surface area contributed by atoms with Crippen molar-refractivity contribution in [2.24, 2.45) is 0 Å². The SMILES string of the molecule is CN1CCC(CNC(=O)N2CCC(c3ccc(F)cc3)C2)(N(C)C)CC1. The van der Waals surface area contributed by atoms with Gasteiger partial charge in [0, 0.05) is 31.1 Å². The number of carbonyl (C=O) groups excluding carboxylic acids is 1. The Bertz CT molecular complexity index is 611. The summed E-state index contributed by atoms with van der Waals surface area (Å²) in [5.74, 6) is 0.0842. The van der Waals surface area contributed by atoms with Gasteiger partial charge in [0.2, 0.25) is 0 Å². The molecule has 1 aromatic carbocycles. The highest BCUT2D eigenvalue weighted by Crippen LogP contribution is 2.28. The molecule has 2 aliphatic rings. The van der Waals surface area contributed by atoms with Crippen LogP contribution >= 0.6 is 0 Å². The number of nitrogens with zero attached hydrogens (tertiary/aromatic N) is 3. The number of rotatable bonds is 4. The predicted molar refractivity (Wildman–Crippen MR) is 102 cm³/mol. The molecule has 1 aromatic rings. The van der Waals surface area contributed by atoms with Crippen molar-refractivity contribution in [2.75, 3.05) is 53.9 Å². The average molecular weight is 362 g/mol. The molecule has 6 heteroatoms. The van der Waals surface area contributed by atoms with Crippen LogP contribution < -0.4 is 5.32 Å². The predicted octanol–water partition coefficient (Wildman–Crippen LogP) is 2.35. The van der Waals surface area contributed by atoms with E-state index in [0.717, 1.165) is 44.5 Å². The average Bonchev–Trinajstić information content (AvgIpc) is 3.12. The van der Waals surface area contributed by atoms with Gasteiger partial charge in [0.25, 0.3) is 0 Å². The van der Waals surface area contributed by atoms with Gasteiger partial charge in [0.15, 0.2) is 0 Å². The first-order valence-corrected chi connectivity index (χ1v) is 9.54. The van der Waals surface area contributed by atoms with Gasteiger partial charge in [-0.15, -0.1) is 0 Å². The van der Waals surface area contributed by atoms with Crippen LogP contribution in [0.25, 0.3) is 0 Å². The van der Waals surface area contributed by atoms with Crippen molar-refractivity contribution in [3.8, 4) is 0 Å². The second-order valence-corrected chi connectivity index (χ2v) is 8.06. The van der Waals surface area contributed by atoms with E-state index in [9.17, 15) is 9.18 Å². The molecule has 5 nitrogen and oxygen atoms in total. The highest BCUT2D eigenvalue weighted by atomic mass is 19.1. The van der Waals surface area contributed by atoms with Gasteiger partial charge in [0.05, 0.1) is 0 Å². The van der Waals surface area contributed by atoms with E-state index in [2.05, 4.69) is 36.3 Å². The van der Waals surface area contributed by atoms with E-state index >= 15 is 0 Å². The number of nitrogens with one attached hydrogen (secondary N) is 1. The molecule has 2 aliphatic heterocycles. The van der Waals surface area contributed by atoms with Crippen molar-refractivity contribution >= 4 is 6.03 Å². The van der Waals surface area contributed by atoms with E-state index in [1.165, 1.54) is 12.1 Å². The number of amides is 2. The van der Waals surface area contributed by atoms with Crippen molar-refractivity contribution in [1.29, 1.82) is 0 Å². The molecule has 0 spiro atoms. The summed E-state index contributed by atoms with van der Waals surface area (Å²) in [7, 11) is 6.37. The number of piperidine rings is 1. The molecule has 0 aliphatic carbocycles. The number of benzene rings is 1. The number of likely N-dealkylation sites (N-methyl/N-ethyl adjacent to an activating group) is 1. The smallest absolute Gasteiger partial charge is 0.317 e. The van der Waals surface area contributed by atoms with Crippen LogP contribution in [0.2, 0.25) is 0 Å². The van der Waals surface area contributed by atoms with Crippen molar-refractivity contribution in [2.45, 2.75) is 30.7 Å². The molecule has 2 heterocycles. The second kappa shape index (κ2) is 7.92. The van der Waals surface area contributed by atoms with E-state index < -0.39 is 0 Å². The van der Waals surface area contributed by atoms with Gasteiger partial charge in [-0.05, 0) is 71.2 Å². The molecule has 0 bridgehead atoms. The van der Waals surface area contributed by atoms with Crippen molar-refractivity contribution in [3.63, 3.8) is 0 Å². The number of hydrogen-bond acceptors (Lipinski definition) is 3. The van der Waals surface area contributed by atoms with Crippen LogP contribution in [0.1, 0.15) is 30.7 Å². The number of likely N-dealkylation sites (tertiary alicyclic amines) is 2. The first-order chi connectivity index (χ1) is 12.4. The van der Waals surface area contributed by atoms with Gasteiger partial charge in [0.1, 0.15) is 5.82 Å². The minimum Gasteiger partial charge on any atom is -0.336 e. The van der Waals surface area contributed by atoms with Gasteiger partial charge >= 0.3 is 6.03 Å². The molecule has 0 saturated carbocycles. The summed E-state index contributed by atoms with van der Waals surface area (Å²) in [4.78, 5) is 19.2. The highest BCUT2D eigenvalue weighted by molar-refractivity contribution is 5.74. The summed E-state index contributed by atoms with van der Waals surface area (Å²) >= 11 is 0. The van der Waals surface area contributed by atoms with Crippen molar-refractivity contribution < 1.29 is 9.18 Å². The maximum atomic E-state index is 13.1. The molecule has 2 saturated heterocycles. The summed E-state index contributed by atoms with van der Waals surface area (Å²) in [6.45, 7) is 4.26. The van der Waals surface area contributed by atoms with Gasteiger partial charge in [-0.2, -0.15) is 0 Å². The monoisotopic (exact) mass is 362 g/mol. The molecule has 144 valence electrons. The van der Waals surface area contributed by atoms with Crippen LogP contribution in [-0.2, 0) is 0 Å². The van der Waals surface area contributed by atoms with Gasteiger partial charge in [-0.3, -0.25) is 0 Å². The largest absolute Gasteiger partial charge is 0.336 e. The van der Waals surface area contributed by atoms with Gasteiger partial charge < -0.3 is 20.0 Å². The highest BCUT2D eigenvalue weighted by Gasteiger charge is 2.37. The Morgan fingerprint density at radius 1 is 1.23 bits per heavy atom. The van der Waals surface area contributed by atoms with Crippen LogP contribution in [0.15, 0.2) is 24.3 Å². The molecule has 3 rings (SSSR count). The molecule has 2 amide bonds. The third-order valence-electron chi connectivity index (χ3n) is 6.25. The lowest BCUT2D eigenvalue weighted by Gasteiger charge is -2.45. The number of urea groups is 1. The molecule has 1 atom stereocenters. The molecular formula is C20H31FN4O. The first-order valence-electron chi connectivity index (χ1n) is 9.54. The fourth-order valence-electron chi connectivity index (χ4n) is 4.12. The summed E-state index contributed by atoms with van der Waals surface area (Å²) < 4.78 is 13.1. The minimum atomic E-state index is -0.214. The van der Waals surface area contributed by atoms with Gasteiger partial charge in [-0.25, -0.2) is 9.18 Å². The maximum Gasteiger partial charge on any atom is 0.317 e. The molecule has 26 heavy (non-hydrogen) atoms. The van der Waals surface area contributed by atoms with Crippen LogP contribution in [0.5, 0.6) is 0 Å². The topological polar surface area (TPSA) is 38.8 Å². The van der Waals surface area contributed by atoms with Crippen LogP contribution in [0.4, 0.5) is 9.18 Å². The standard InChI is InChI=1S/C20H31FN4O/c1-23(2)20(9-12-24(3)13-10-20)15-22-19(26)25-11-8-17(14-25)16-4-6-18(21)7-5-16/h4-7,17H,8-15H2,1-3H3,(H,22,26). The zero-order valence-electron chi connectivity index (χ0n) is 16.2. The molecule has 1 N–H and O–H groups in total. The molecule has 1 unspecified atom stereocenters. The summed E-state index contributed by atoms with van der Waals surface area (Å²) in [6, 6.07) is 6.69. The van der Waals surface area contributed by atoms with Crippen molar-refractivity contribution in [3.05, 3.63) is 35.6 Å². The lowest BCUT2D eigenvalue weighted by molar-refractivity contribution is 0.0667. The molecule has 2 fully saturated rings. The van der Waals surface area contributed by atoms with Crippen LogP contribution in [-0.4, -0.2) is 80.1 Å².